The summed E-state index contributed by atoms with van der Waals surface area (Å²) >= 11 is 0. The van der Waals surface area contributed by atoms with Crippen molar-refractivity contribution in [1.29, 1.82) is 0 Å². The number of amides is 1. The Balaban J connectivity index is 1.84. The molecule has 1 saturated heterocycles. The molecule has 2 aromatic rings. The highest BCUT2D eigenvalue weighted by Gasteiger charge is 2.30. The first-order valence-electron chi connectivity index (χ1n) is 9.37. The van der Waals surface area contributed by atoms with Crippen LogP contribution in [-0.2, 0) is 21.2 Å². The fourth-order valence-corrected chi connectivity index (χ4v) is 4.53. The van der Waals surface area contributed by atoms with Crippen LogP contribution in [0.3, 0.4) is 0 Å². The van der Waals surface area contributed by atoms with Gasteiger partial charge in [-0.05, 0) is 50.3 Å². The summed E-state index contributed by atoms with van der Waals surface area (Å²) in [7, 11) is -3.78. The van der Waals surface area contributed by atoms with Gasteiger partial charge in [0.05, 0.1) is 4.90 Å². The first-order chi connectivity index (χ1) is 13.0. The number of nitrogens with one attached hydrogen (secondary N) is 1. The average Bonchev–Trinajstić information content (AvgIpc) is 2.68. The van der Waals surface area contributed by atoms with Crippen molar-refractivity contribution in [2.45, 2.75) is 43.5 Å². The summed E-state index contributed by atoms with van der Waals surface area (Å²) in [5.74, 6) is -0.144. The van der Waals surface area contributed by atoms with Gasteiger partial charge in [-0.3, -0.25) is 4.79 Å². The zero-order valence-corrected chi connectivity index (χ0v) is 16.4. The third-order valence-corrected chi connectivity index (χ3v) is 6.36. The van der Waals surface area contributed by atoms with Crippen LogP contribution in [-0.4, -0.2) is 38.4 Å². The standard InChI is InChI=1S/C21H26N2O3S/c1-17-10-12-19(13-11-17)27(25,26)22-20(16-18-8-4-2-5-9-18)21(24)23-14-6-3-7-15-23/h2,4-5,8-13,20,22H,3,6-7,14-16H2,1H3/t20-/m0/s1. The molecular formula is C21H26N2O3S. The first-order valence-corrected chi connectivity index (χ1v) is 10.9. The van der Waals surface area contributed by atoms with E-state index in [4.69, 9.17) is 0 Å². The molecular weight excluding hydrogens is 360 g/mol. The van der Waals surface area contributed by atoms with Crippen molar-refractivity contribution in [2.24, 2.45) is 0 Å². The van der Waals surface area contributed by atoms with Gasteiger partial charge >= 0.3 is 0 Å². The van der Waals surface area contributed by atoms with Crippen LogP contribution >= 0.6 is 0 Å². The molecule has 0 aliphatic carbocycles. The monoisotopic (exact) mass is 386 g/mol. The number of hydrogen-bond donors (Lipinski definition) is 1. The number of piperidine rings is 1. The van der Waals surface area contributed by atoms with Gasteiger partial charge in [0.2, 0.25) is 15.9 Å². The molecule has 1 aliphatic rings. The van der Waals surface area contributed by atoms with Crippen molar-refractivity contribution < 1.29 is 13.2 Å². The Morgan fingerprint density at radius 1 is 1.00 bits per heavy atom. The SMILES string of the molecule is Cc1ccc(S(=O)(=O)N[C@@H](Cc2ccccc2)C(=O)N2CCCCC2)cc1. The van der Waals surface area contributed by atoms with Gasteiger partial charge in [0.15, 0.2) is 0 Å². The van der Waals surface area contributed by atoms with Crippen molar-refractivity contribution >= 4 is 15.9 Å². The fourth-order valence-electron chi connectivity index (χ4n) is 3.34. The Bertz CT molecular complexity index is 858. The summed E-state index contributed by atoms with van der Waals surface area (Å²) in [4.78, 5) is 15.0. The molecule has 1 atom stereocenters. The van der Waals surface area contributed by atoms with Gasteiger partial charge in [-0.1, -0.05) is 48.0 Å². The Hall–Kier alpha value is -2.18. The van der Waals surface area contributed by atoms with Crippen LogP contribution in [0.25, 0.3) is 0 Å². The highest BCUT2D eigenvalue weighted by atomic mass is 32.2. The predicted molar refractivity (Wildman–Crippen MR) is 106 cm³/mol. The van der Waals surface area contributed by atoms with Gasteiger partial charge in [-0.15, -0.1) is 0 Å². The lowest BCUT2D eigenvalue weighted by molar-refractivity contribution is -0.133. The molecule has 0 unspecified atom stereocenters. The number of benzene rings is 2. The molecule has 5 nitrogen and oxygen atoms in total. The van der Waals surface area contributed by atoms with Crippen LogP contribution in [0.4, 0.5) is 0 Å². The van der Waals surface area contributed by atoms with E-state index in [9.17, 15) is 13.2 Å². The van der Waals surface area contributed by atoms with Crippen LogP contribution in [0, 0.1) is 6.92 Å². The number of sulfonamides is 1. The summed E-state index contributed by atoms with van der Waals surface area (Å²) < 4.78 is 28.4. The van der Waals surface area contributed by atoms with Crippen molar-refractivity contribution in [1.82, 2.24) is 9.62 Å². The van der Waals surface area contributed by atoms with Crippen LogP contribution in [0.2, 0.25) is 0 Å². The fraction of sp³-hybridized carbons (Fsp3) is 0.381. The molecule has 6 heteroatoms. The van der Waals surface area contributed by atoms with E-state index < -0.39 is 16.1 Å². The number of nitrogens with zero attached hydrogens (tertiary/aromatic N) is 1. The summed E-state index contributed by atoms with van der Waals surface area (Å²) in [6.45, 7) is 3.29. The number of aryl methyl sites for hydroxylation is 1. The van der Waals surface area contributed by atoms with Gasteiger partial charge < -0.3 is 4.90 Å². The Kier molecular flexibility index (Phi) is 6.29. The molecule has 2 aromatic carbocycles. The lowest BCUT2D eigenvalue weighted by atomic mass is 10.0. The average molecular weight is 387 g/mol. The second kappa shape index (κ2) is 8.67. The predicted octanol–water partition coefficient (Wildman–Crippen LogP) is 2.90. The third-order valence-electron chi connectivity index (χ3n) is 4.88. The lowest BCUT2D eigenvalue weighted by Gasteiger charge is -2.30. The second-order valence-corrected chi connectivity index (χ2v) is 8.78. The summed E-state index contributed by atoms with van der Waals surface area (Å²) in [5, 5.41) is 0. The first kappa shape index (κ1) is 19.6. The van der Waals surface area contributed by atoms with Crippen LogP contribution < -0.4 is 4.72 Å². The number of rotatable bonds is 6. The summed E-state index contributed by atoms with van der Waals surface area (Å²) in [6.07, 6.45) is 3.38. The lowest BCUT2D eigenvalue weighted by Crippen LogP contribution is -2.50. The van der Waals surface area contributed by atoms with Gasteiger partial charge in [-0.25, -0.2) is 8.42 Å². The number of carbonyl (C=O) groups is 1. The molecule has 144 valence electrons. The zero-order chi connectivity index (χ0) is 19.3. The third kappa shape index (κ3) is 5.17. The minimum Gasteiger partial charge on any atom is -0.341 e. The smallest absolute Gasteiger partial charge is 0.241 e. The van der Waals surface area contributed by atoms with E-state index in [2.05, 4.69) is 4.72 Å². The summed E-state index contributed by atoms with van der Waals surface area (Å²) in [5.41, 5.74) is 1.92. The number of hydrogen-bond acceptors (Lipinski definition) is 3. The van der Waals surface area contributed by atoms with Gasteiger partial charge in [-0.2, -0.15) is 4.72 Å². The Morgan fingerprint density at radius 2 is 1.63 bits per heavy atom. The van der Waals surface area contributed by atoms with E-state index >= 15 is 0 Å². The molecule has 1 N–H and O–H groups in total. The highest BCUT2D eigenvalue weighted by Crippen LogP contribution is 2.16. The van der Waals surface area contributed by atoms with Gasteiger partial charge in [0.1, 0.15) is 6.04 Å². The number of carbonyl (C=O) groups excluding carboxylic acids is 1. The Labute approximate surface area is 161 Å². The zero-order valence-electron chi connectivity index (χ0n) is 15.6. The molecule has 1 heterocycles. The molecule has 27 heavy (non-hydrogen) atoms. The maximum absolute atomic E-state index is 13.1. The Morgan fingerprint density at radius 3 is 2.26 bits per heavy atom. The molecule has 3 rings (SSSR count). The topological polar surface area (TPSA) is 66.5 Å². The van der Waals surface area contributed by atoms with Gasteiger partial charge in [0.25, 0.3) is 0 Å². The highest BCUT2D eigenvalue weighted by molar-refractivity contribution is 7.89. The van der Waals surface area contributed by atoms with Crippen molar-refractivity contribution in [3.8, 4) is 0 Å². The quantitative estimate of drug-likeness (QED) is 0.830. The van der Waals surface area contributed by atoms with E-state index in [-0.39, 0.29) is 10.8 Å². The van der Waals surface area contributed by atoms with E-state index in [1.165, 1.54) is 0 Å². The molecule has 1 fully saturated rings. The second-order valence-electron chi connectivity index (χ2n) is 7.06. The minimum atomic E-state index is -3.78. The van der Waals surface area contributed by atoms with Crippen molar-refractivity contribution in [2.75, 3.05) is 13.1 Å². The van der Waals surface area contributed by atoms with Crippen molar-refractivity contribution in [3.05, 3.63) is 65.7 Å². The van der Waals surface area contributed by atoms with E-state index in [1.54, 1.807) is 29.2 Å². The molecule has 1 amide bonds. The van der Waals surface area contributed by atoms with E-state index in [0.29, 0.717) is 19.5 Å². The minimum absolute atomic E-state index is 0.144. The van der Waals surface area contributed by atoms with Crippen molar-refractivity contribution in [3.63, 3.8) is 0 Å². The normalized spacial score (nSPS) is 16.1. The molecule has 0 radical (unpaired) electrons. The maximum atomic E-state index is 13.1. The van der Waals surface area contributed by atoms with Crippen LogP contribution in [0.1, 0.15) is 30.4 Å². The van der Waals surface area contributed by atoms with Gasteiger partial charge in [0, 0.05) is 13.1 Å². The summed E-state index contributed by atoms with van der Waals surface area (Å²) in [6, 6.07) is 15.4. The van der Waals surface area contributed by atoms with Crippen LogP contribution in [0.5, 0.6) is 0 Å². The molecule has 0 bridgehead atoms. The molecule has 1 aliphatic heterocycles. The molecule has 0 saturated carbocycles. The number of likely N-dealkylation sites (tertiary alicyclic amines) is 1. The molecule has 0 aromatic heterocycles. The largest absolute Gasteiger partial charge is 0.341 e. The maximum Gasteiger partial charge on any atom is 0.241 e. The van der Waals surface area contributed by atoms with E-state index in [1.807, 2.05) is 37.3 Å². The van der Waals surface area contributed by atoms with Crippen LogP contribution in [0.15, 0.2) is 59.5 Å². The van der Waals surface area contributed by atoms with E-state index in [0.717, 1.165) is 30.4 Å². The molecule has 0 spiro atoms.